The molecule has 1 aliphatic carbocycles. The number of hydrogen-bond donors (Lipinski definition) is 1. The molecule has 4 heteroatoms. The van der Waals surface area contributed by atoms with Crippen LogP contribution in [0, 0.1) is 0 Å². The van der Waals surface area contributed by atoms with E-state index in [9.17, 15) is 0 Å². The van der Waals surface area contributed by atoms with Crippen LogP contribution in [0.4, 0.5) is 0 Å². The Morgan fingerprint density at radius 1 is 1.30 bits per heavy atom. The lowest BCUT2D eigenvalue weighted by molar-refractivity contribution is 0.0167. The first-order valence-electron chi connectivity index (χ1n) is 8.17. The average Bonchev–Trinajstić information content (AvgIpc) is 2.89. The number of hydrogen-bond acceptors (Lipinski definition) is 4. The standard InChI is InChI=1S/C16H26N2OS/c1-2-17-11-12-6-5-8-14-16(12)18-15(20-14)10-13-7-3-4-9-19-13/h12-13,17H,2-11H2,1H3. The number of fused-ring (bicyclic) bond motifs is 1. The lowest BCUT2D eigenvalue weighted by Crippen LogP contribution is -2.24. The highest BCUT2D eigenvalue weighted by Crippen LogP contribution is 2.35. The zero-order chi connectivity index (χ0) is 13.8. The molecule has 1 fully saturated rings. The van der Waals surface area contributed by atoms with E-state index in [1.807, 2.05) is 11.3 Å². The van der Waals surface area contributed by atoms with Gasteiger partial charge in [-0.3, -0.25) is 0 Å². The molecule has 1 N–H and O–H groups in total. The maximum Gasteiger partial charge on any atom is 0.0957 e. The van der Waals surface area contributed by atoms with Crippen LogP contribution in [0.25, 0.3) is 0 Å². The van der Waals surface area contributed by atoms with Crippen LogP contribution >= 0.6 is 11.3 Å². The molecule has 0 amide bonds. The Bertz CT molecular complexity index is 426. The number of likely N-dealkylation sites (N-methyl/N-ethyl adjacent to an activating group) is 1. The highest BCUT2D eigenvalue weighted by molar-refractivity contribution is 7.11. The molecular weight excluding hydrogens is 268 g/mol. The van der Waals surface area contributed by atoms with E-state index in [0.29, 0.717) is 12.0 Å². The lowest BCUT2D eigenvalue weighted by atomic mass is 9.91. The maximum absolute atomic E-state index is 5.86. The molecule has 3 rings (SSSR count). The van der Waals surface area contributed by atoms with Gasteiger partial charge in [-0.15, -0.1) is 11.3 Å². The first kappa shape index (κ1) is 14.5. The number of aryl methyl sites for hydroxylation is 1. The molecule has 0 bridgehead atoms. The van der Waals surface area contributed by atoms with Gasteiger partial charge in [0.15, 0.2) is 0 Å². The number of aromatic nitrogens is 1. The molecule has 1 aliphatic heterocycles. The van der Waals surface area contributed by atoms with Gasteiger partial charge >= 0.3 is 0 Å². The molecular formula is C16H26N2OS. The largest absolute Gasteiger partial charge is 0.378 e. The average molecular weight is 294 g/mol. The van der Waals surface area contributed by atoms with Crippen molar-refractivity contribution in [1.82, 2.24) is 10.3 Å². The van der Waals surface area contributed by atoms with E-state index in [4.69, 9.17) is 9.72 Å². The topological polar surface area (TPSA) is 34.1 Å². The third-order valence-electron chi connectivity index (χ3n) is 4.43. The van der Waals surface area contributed by atoms with Crippen molar-refractivity contribution in [1.29, 1.82) is 0 Å². The van der Waals surface area contributed by atoms with Crippen LogP contribution in [0.1, 0.15) is 60.5 Å². The molecule has 2 aliphatic rings. The van der Waals surface area contributed by atoms with Crippen molar-refractivity contribution in [3.05, 3.63) is 15.6 Å². The minimum atomic E-state index is 0.420. The number of ether oxygens (including phenoxy) is 1. The summed E-state index contributed by atoms with van der Waals surface area (Å²) < 4.78 is 5.86. The van der Waals surface area contributed by atoms with E-state index < -0.39 is 0 Å². The summed E-state index contributed by atoms with van der Waals surface area (Å²) in [5.74, 6) is 0.635. The fourth-order valence-electron chi connectivity index (χ4n) is 3.33. The summed E-state index contributed by atoms with van der Waals surface area (Å²) in [6.45, 7) is 5.26. The van der Waals surface area contributed by atoms with E-state index in [0.717, 1.165) is 26.1 Å². The Hall–Kier alpha value is -0.450. The third-order valence-corrected chi connectivity index (χ3v) is 5.59. The summed E-state index contributed by atoms with van der Waals surface area (Å²) in [6.07, 6.45) is 9.07. The zero-order valence-corrected chi connectivity index (χ0v) is 13.3. The highest BCUT2D eigenvalue weighted by Gasteiger charge is 2.25. The predicted octanol–water partition coefficient (Wildman–Crippen LogP) is 3.28. The fourth-order valence-corrected chi connectivity index (χ4v) is 4.59. The first-order valence-corrected chi connectivity index (χ1v) is 8.99. The Balaban J connectivity index is 1.66. The fraction of sp³-hybridized carbons (Fsp3) is 0.812. The Morgan fingerprint density at radius 2 is 2.25 bits per heavy atom. The zero-order valence-electron chi connectivity index (χ0n) is 12.5. The molecule has 1 saturated heterocycles. The number of nitrogens with zero attached hydrogens (tertiary/aromatic N) is 1. The molecule has 1 aromatic heterocycles. The van der Waals surface area contributed by atoms with E-state index in [-0.39, 0.29) is 0 Å². The van der Waals surface area contributed by atoms with Crippen molar-refractivity contribution >= 4 is 11.3 Å². The van der Waals surface area contributed by atoms with Gasteiger partial charge < -0.3 is 10.1 Å². The molecule has 112 valence electrons. The van der Waals surface area contributed by atoms with Gasteiger partial charge in [0, 0.05) is 30.4 Å². The van der Waals surface area contributed by atoms with Crippen molar-refractivity contribution in [2.45, 2.75) is 63.9 Å². The van der Waals surface area contributed by atoms with Crippen LogP contribution in [-0.2, 0) is 17.6 Å². The second-order valence-corrected chi connectivity index (χ2v) is 7.17. The van der Waals surface area contributed by atoms with Crippen LogP contribution < -0.4 is 5.32 Å². The molecule has 1 aromatic rings. The monoisotopic (exact) mass is 294 g/mol. The van der Waals surface area contributed by atoms with Crippen LogP contribution in [-0.4, -0.2) is 30.8 Å². The minimum absolute atomic E-state index is 0.420. The van der Waals surface area contributed by atoms with Gasteiger partial charge in [0.05, 0.1) is 16.8 Å². The molecule has 20 heavy (non-hydrogen) atoms. The SMILES string of the molecule is CCNCC1CCCc2sc(CC3CCCCO3)nc21. The summed E-state index contributed by atoms with van der Waals surface area (Å²) in [6, 6.07) is 0. The number of rotatable bonds is 5. The molecule has 2 heterocycles. The van der Waals surface area contributed by atoms with Gasteiger partial charge in [0.1, 0.15) is 0 Å². The maximum atomic E-state index is 5.86. The molecule has 0 radical (unpaired) electrons. The summed E-state index contributed by atoms with van der Waals surface area (Å²) in [5, 5.41) is 4.80. The van der Waals surface area contributed by atoms with Crippen molar-refractivity contribution in [3.8, 4) is 0 Å². The van der Waals surface area contributed by atoms with Crippen molar-refractivity contribution in [2.75, 3.05) is 19.7 Å². The van der Waals surface area contributed by atoms with E-state index in [1.54, 1.807) is 4.88 Å². The Morgan fingerprint density at radius 3 is 3.05 bits per heavy atom. The predicted molar refractivity (Wildman–Crippen MR) is 83.6 cm³/mol. The first-order chi connectivity index (χ1) is 9.86. The summed E-state index contributed by atoms with van der Waals surface area (Å²) >= 11 is 1.95. The summed E-state index contributed by atoms with van der Waals surface area (Å²) in [5.41, 5.74) is 1.40. The molecule has 2 atom stereocenters. The smallest absolute Gasteiger partial charge is 0.0957 e. The molecule has 2 unspecified atom stereocenters. The molecule has 0 spiro atoms. The molecule has 0 saturated carbocycles. The third kappa shape index (κ3) is 3.41. The van der Waals surface area contributed by atoms with E-state index in [1.165, 1.54) is 49.2 Å². The quantitative estimate of drug-likeness (QED) is 0.905. The molecule has 3 nitrogen and oxygen atoms in total. The van der Waals surface area contributed by atoms with Gasteiger partial charge in [-0.1, -0.05) is 6.92 Å². The summed E-state index contributed by atoms with van der Waals surface area (Å²) in [7, 11) is 0. The van der Waals surface area contributed by atoms with Gasteiger partial charge in [0.2, 0.25) is 0 Å². The van der Waals surface area contributed by atoms with E-state index in [2.05, 4.69) is 12.2 Å². The second-order valence-electron chi connectivity index (χ2n) is 6.01. The van der Waals surface area contributed by atoms with Gasteiger partial charge in [-0.25, -0.2) is 4.98 Å². The summed E-state index contributed by atoms with van der Waals surface area (Å²) in [4.78, 5) is 6.52. The number of nitrogens with one attached hydrogen (secondary N) is 1. The Kier molecular flexibility index (Phi) is 5.08. The minimum Gasteiger partial charge on any atom is -0.378 e. The normalized spacial score (nSPS) is 26.4. The Labute approximate surface area is 126 Å². The van der Waals surface area contributed by atoms with Gasteiger partial charge in [-0.2, -0.15) is 0 Å². The van der Waals surface area contributed by atoms with Crippen LogP contribution in [0.15, 0.2) is 0 Å². The molecule has 0 aromatic carbocycles. The van der Waals surface area contributed by atoms with Crippen molar-refractivity contribution in [2.24, 2.45) is 0 Å². The van der Waals surface area contributed by atoms with E-state index >= 15 is 0 Å². The van der Waals surface area contributed by atoms with Crippen LogP contribution in [0.5, 0.6) is 0 Å². The van der Waals surface area contributed by atoms with Crippen LogP contribution in [0.3, 0.4) is 0 Å². The lowest BCUT2D eigenvalue weighted by Gasteiger charge is -2.21. The van der Waals surface area contributed by atoms with Gasteiger partial charge in [-0.05, 0) is 45.1 Å². The van der Waals surface area contributed by atoms with Crippen LogP contribution in [0.2, 0.25) is 0 Å². The van der Waals surface area contributed by atoms with Gasteiger partial charge in [0.25, 0.3) is 0 Å². The number of thiazole rings is 1. The van der Waals surface area contributed by atoms with Crippen molar-refractivity contribution in [3.63, 3.8) is 0 Å². The highest BCUT2D eigenvalue weighted by atomic mass is 32.1. The van der Waals surface area contributed by atoms with Crippen molar-refractivity contribution < 1.29 is 4.74 Å². The second kappa shape index (κ2) is 7.01.